The van der Waals surface area contributed by atoms with Gasteiger partial charge in [0.15, 0.2) is 33.5 Å². The highest BCUT2D eigenvalue weighted by Crippen LogP contribution is 2.55. The molecule has 21 aromatic carbocycles. The van der Waals surface area contributed by atoms with Gasteiger partial charge in [-0.15, -0.1) is 0 Å². The van der Waals surface area contributed by atoms with Gasteiger partial charge in [0.1, 0.15) is 44.7 Å². The van der Waals surface area contributed by atoms with E-state index in [2.05, 4.69) is 398 Å². The molecule has 0 unspecified atom stereocenters. The maximum absolute atomic E-state index is 7.46. The lowest BCUT2D eigenvalue weighted by Gasteiger charge is -2.19. The molecule has 34 aromatic rings. The molecule has 10 nitrogen and oxygen atoms in total. The van der Waals surface area contributed by atoms with E-state index < -0.39 is 0 Å². The standard InChI is InChI=1S/C130H71N3O7/c1-130(2,3)80-33-26-68(27-34-80)77-60-101-84-35-41-90-81-20-10-14-24-108(81)135-124(90)118(84)131-115(101)102(61-77)86-37-43-92-97-55-69(28-48-111(97)137-126(92)120(86)131)71-30-50-113-99(57-71)94-45-39-88-105-64-79(76-53-74(66-16-6-4-7-17-66)52-75(54-76)67-18-8-5-9-19-67)65-106-89-40-46-95-100-58-72(31-51-114(100)140-129(95)123(89)133(117(105)106)122(88)128(94)139-113)70-29-49-112-98(56-70)93-44-38-87-104-63-78(73-32-47-110-96(59-73)83-22-12-13-23-107(83)134-110)62-103-85-36-42-91-82-21-11-15-25-109(82)136-125(91)119(85)132(116(103)104)121(87)127(93)138-112/h4-65H,1-3H3. The van der Waals surface area contributed by atoms with E-state index in [0.29, 0.717) is 0 Å². The number of furan rings is 7. The van der Waals surface area contributed by atoms with Crippen molar-refractivity contribution in [2.75, 3.05) is 0 Å². The topological polar surface area (TPSA) is 105 Å². The number of hydrogen-bond acceptors (Lipinski definition) is 7. The number of nitrogens with zero attached hydrogens (tertiary/aromatic N) is 3. The highest BCUT2D eigenvalue weighted by molar-refractivity contribution is 6.37. The lowest BCUT2D eigenvalue weighted by Crippen LogP contribution is -2.10. The van der Waals surface area contributed by atoms with Gasteiger partial charge >= 0.3 is 0 Å². The van der Waals surface area contributed by atoms with Crippen molar-refractivity contribution in [2.45, 2.75) is 26.2 Å². The smallest absolute Gasteiger partial charge is 0.160 e. The van der Waals surface area contributed by atoms with Crippen LogP contribution in [0.3, 0.4) is 0 Å². The summed E-state index contributed by atoms with van der Waals surface area (Å²) in [6, 6.07) is 138. The van der Waals surface area contributed by atoms with Gasteiger partial charge in [-0.2, -0.15) is 0 Å². The Hall–Kier alpha value is -18.4. The second-order valence-electron chi connectivity index (χ2n) is 39.9. The molecular formula is C130H71N3O7. The highest BCUT2D eigenvalue weighted by Gasteiger charge is 2.33. The van der Waals surface area contributed by atoms with Gasteiger partial charge in [0.25, 0.3) is 0 Å². The van der Waals surface area contributed by atoms with Crippen LogP contribution in [0.25, 0.3) is 346 Å². The monoisotopic (exact) mass is 1790 g/mol. The summed E-state index contributed by atoms with van der Waals surface area (Å²) in [7, 11) is 0. The van der Waals surface area contributed by atoms with Crippen LogP contribution in [0, 0.1) is 0 Å². The van der Waals surface area contributed by atoms with E-state index in [9.17, 15) is 0 Å². The third kappa shape index (κ3) is 9.65. The predicted octanol–water partition coefficient (Wildman–Crippen LogP) is 37.4. The number of rotatable bonds is 7. The molecule has 0 N–H and O–H groups in total. The summed E-state index contributed by atoms with van der Waals surface area (Å²) in [6.45, 7) is 6.82. The summed E-state index contributed by atoms with van der Waals surface area (Å²) >= 11 is 0. The minimum atomic E-state index is 0.0294. The molecule has 13 heterocycles. The Kier molecular flexibility index (Phi) is 13.7. The fourth-order valence-corrected chi connectivity index (χ4v) is 25.0. The molecule has 0 aliphatic carbocycles. The predicted molar refractivity (Wildman–Crippen MR) is 578 cm³/mol. The number of hydrogen-bond donors (Lipinski definition) is 0. The average molecular weight is 1790 g/mol. The van der Waals surface area contributed by atoms with Crippen molar-refractivity contribution < 1.29 is 30.9 Å². The molecule has 0 saturated carbocycles. The molecule has 34 rings (SSSR count). The van der Waals surface area contributed by atoms with Crippen LogP contribution >= 0.6 is 0 Å². The fourth-order valence-electron chi connectivity index (χ4n) is 25.0. The molecule has 140 heavy (non-hydrogen) atoms. The number of para-hydroxylation sites is 3. The first-order chi connectivity index (χ1) is 69.0. The molecule has 0 spiro atoms. The van der Waals surface area contributed by atoms with Gasteiger partial charge in [0, 0.05) is 140 Å². The van der Waals surface area contributed by atoms with Crippen LogP contribution in [0.1, 0.15) is 26.3 Å². The Bertz CT molecular complexity index is 11400. The zero-order chi connectivity index (χ0) is 91.0. The summed E-state index contributed by atoms with van der Waals surface area (Å²) in [4.78, 5) is 0. The van der Waals surface area contributed by atoms with Crippen LogP contribution in [0.2, 0.25) is 0 Å². The van der Waals surface area contributed by atoms with E-state index in [0.717, 1.165) is 324 Å². The fraction of sp³-hybridized carbons (Fsp3) is 0.0308. The Labute approximate surface area is 792 Å². The number of aromatic nitrogens is 3. The summed E-state index contributed by atoms with van der Waals surface area (Å²) in [5, 5.41) is 28.3. The lowest BCUT2D eigenvalue weighted by molar-refractivity contribution is 0.590. The van der Waals surface area contributed by atoms with Crippen LogP contribution in [0.4, 0.5) is 0 Å². The molecule has 0 atom stereocenters. The molecule has 0 aliphatic heterocycles. The molecule has 0 aliphatic rings. The van der Waals surface area contributed by atoms with Crippen LogP contribution in [-0.2, 0) is 5.41 Å². The Morgan fingerprint density at radius 1 is 0.136 bits per heavy atom. The van der Waals surface area contributed by atoms with Crippen molar-refractivity contribution in [3.63, 3.8) is 0 Å². The van der Waals surface area contributed by atoms with Crippen molar-refractivity contribution >= 4 is 268 Å². The molecule has 10 heteroatoms. The van der Waals surface area contributed by atoms with Crippen molar-refractivity contribution in [3.8, 4) is 77.9 Å². The van der Waals surface area contributed by atoms with E-state index in [1.165, 1.54) is 27.5 Å². The normalized spacial score (nSPS) is 13.0. The summed E-state index contributed by atoms with van der Waals surface area (Å²) < 4.78 is 57.2. The minimum absolute atomic E-state index is 0.0294. The Balaban J connectivity index is 0.546. The number of fused-ring (bicyclic) bond motifs is 45. The molecule has 0 radical (unpaired) electrons. The maximum atomic E-state index is 7.46. The zero-order valence-corrected chi connectivity index (χ0v) is 75.5. The first-order valence-corrected chi connectivity index (χ1v) is 48.1. The van der Waals surface area contributed by atoms with Crippen LogP contribution in [-0.4, -0.2) is 13.2 Å². The van der Waals surface area contributed by atoms with Gasteiger partial charge in [0.2, 0.25) is 0 Å². The van der Waals surface area contributed by atoms with E-state index in [4.69, 9.17) is 30.9 Å². The Morgan fingerprint density at radius 3 is 0.650 bits per heavy atom. The third-order valence-corrected chi connectivity index (χ3v) is 31.5. The van der Waals surface area contributed by atoms with Crippen LogP contribution in [0.5, 0.6) is 0 Å². The first kappa shape index (κ1) is 74.0. The summed E-state index contributed by atoms with van der Waals surface area (Å²) in [5.74, 6) is 0. The zero-order valence-electron chi connectivity index (χ0n) is 75.5. The maximum Gasteiger partial charge on any atom is 0.160 e. The van der Waals surface area contributed by atoms with E-state index in [1.807, 2.05) is 12.1 Å². The van der Waals surface area contributed by atoms with Gasteiger partial charge in [-0.05, 0) is 259 Å². The minimum Gasteiger partial charge on any atom is -0.456 e. The van der Waals surface area contributed by atoms with E-state index in [1.54, 1.807) is 0 Å². The average Bonchev–Trinajstić information content (AvgIpc) is 1.52. The summed E-state index contributed by atoms with van der Waals surface area (Å²) in [5.41, 5.74) is 38.2. The number of benzene rings is 21. The lowest BCUT2D eigenvalue weighted by atomic mass is 9.86. The second-order valence-corrected chi connectivity index (χ2v) is 39.9. The summed E-state index contributed by atoms with van der Waals surface area (Å²) in [6.07, 6.45) is 0. The molecule has 0 bridgehead atoms. The quantitative estimate of drug-likeness (QED) is 0.156. The van der Waals surface area contributed by atoms with Crippen LogP contribution < -0.4 is 0 Å². The largest absolute Gasteiger partial charge is 0.456 e. The van der Waals surface area contributed by atoms with Gasteiger partial charge < -0.3 is 44.1 Å². The highest BCUT2D eigenvalue weighted by atomic mass is 16.4. The second kappa shape index (κ2) is 26.0. The molecule has 13 aromatic heterocycles. The molecular weight excluding hydrogens is 1720 g/mol. The van der Waals surface area contributed by atoms with Gasteiger partial charge in [-0.3, -0.25) is 0 Å². The van der Waals surface area contributed by atoms with Gasteiger partial charge in [-0.25, -0.2) is 0 Å². The van der Waals surface area contributed by atoms with Crippen molar-refractivity contribution in [2.24, 2.45) is 0 Å². The molecule has 0 amide bonds. The van der Waals surface area contributed by atoms with Crippen molar-refractivity contribution in [3.05, 3.63) is 382 Å². The van der Waals surface area contributed by atoms with E-state index >= 15 is 0 Å². The van der Waals surface area contributed by atoms with Crippen molar-refractivity contribution in [1.29, 1.82) is 0 Å². The first-order valence-electron chi connectivity index (χ1n) is 48.1. The Morgan fingerprint density at radius 2 is 0.336 bits per heavy atom. The SMILES string of the molecule is CC(C)(C)c1ccc(-c2cc3c4ccc5c6ccccc6oc5c4n4c3c(c2)c2ccc3c5cc(-c6ccc7oc8c(ccc9c%10cc(-c%11cc(-c%12ccccc%12)cc(-c%12ccccc%12)c%11)cc%11c%12ccc%13c%14cc(-c%15ccc%16oc%17c(ccc%18c%19cc(-c%20ccc%21oc%22ccccc%22c%21c%20)cc%20c%21ccc%22c%23ccccc%23oc%22c%21n(c%20%19)c%18%17)c%16c%15)ccc%14oc%13c%12n(c%10%11)c98)c7c6)ccc5oc3c24)cc1. The third-order valence-electron chi connectivity index (χ3n) is 31.5. The van der Waals surface area contributed by atoms with Crippen LogP contribution in [0.15, 0.2) is 407 Å². The van der Waals surface area contributed by atoms with Gasteiger partial charge in [0.05, 0.1) is 49.7 Å². The molecule has 648 valence electrons. The molecule has 0 fully saturated rings. The van der Waals surface area contributed by atoms with Crippen molar-refractivity contribution in [1.82, 2.24) is 13.2 Å². The molecule has 0 saturated heterocycles. The van der Waals surface area contributed by atoms with Gasteiger partial charge in [-0.1, -0.05) is 227 Å². The van der Waals surface area contributed by atoms with E-state index in [-0.39, 0.29) is 5.41 Å².